The summed E-state index contributed by atoms with van der Waals surface area (Å²) < 4.78 is 23.6. The predicted octanol–water partition coefficient (Wildman–Crippen LogP) is 3.84. The van der Waals surface area contributed by atoms with Gasteiger partial charge in [-0.15, -0.1) is 0 Å². The molecule has 126 valence electrons. The van der Waals surface area contributed by atoms with Crippen molar-refractivity contribution in [3.8, 4) is 0 Å². The van der Waals surface area contributed by atoms with Crippen molar-refractivity contribution in [1.29, 1.82) is 0 Å². The third kappa shape index (κ3) is 5.13. The number of benzene rings is 1. The van der Waals surface area contributed by atoms with E-state index in [1.54, 1.807) is 11.8 Å². The number of rotatable bonds is 6. The molecule has 1 aromatic heterocycles. The quantitative estimate of drug-likeness (QED) is 0.806. The van der Waals surface area contributed by atoms with Crippen molar-refractivity contribution in [3.63, 3.8) is 0 Å². The van der Waals surface area contributed by atoms with Gasteiger partial charge in [-0.05, 0) is 24.3 Å². The SMILES string of the molecule is COC(=O)[C@H](CCSC(C)(C)C)Nc1nc2cc(F)ccc2o1. The lowest BCUT2D eigenvalue weighted by Crippen LogP contribution is -2.31. The molecule has 0 fully saturated rings. The third-order valence-corrected chi connectivity index (χ3v) is 4.38. The summed E-state index contributed by atoms with van der Waals surface area (Å²) in [4.78, 5) is 16.1. The monoisotopic (exact) mass is 340 g/mol. The van der Waals surface area contributed by atoms with Crippen LogP contribution in [0.1, 0.15) is 27.2 Å². The van der Waals surface area contributed by atoms with Gasteiger partial charge in [0.1, 0.15) is 17.4 Å². The summed E-state index contributed by atoms with van der Waals surface area (Å²) in [5, 5.41) is 2.94. The number of ether oxygens (including phenoxy) is 1. The molecule has 0 aliphatic heterocycles. The molecule has 0 amide bonds. The first-order valence-corrected chi connectivity index (χ1v) is 8.31. The van der Waals surface area contributed by atoms with Crippen LogP contribution in [0.2, 0.25) is 0 Å². The number of carbonyl (C=O) groups is 1. The molecule has 0 aliphatic carbocycles. The van der Waals surface area contributed by atoms with E-state index in [-0.39, 0.29) is 22.5 Å². The number of fused-ring (bicyclic) bond motifs is 1. The zero-order valence-electron chi connectivity index (χ0n) is 13.7. The molecule has 1 N–H and O–H groups in total. The van der Waals surface area contributed by atoms with Gasteiger partial charge in [-0.1, -0.05) is 20.8 Å². The maximum atomic E-state index is 13.2. The van der Waals surface area contributed by atoms with E-state index in [4.69, 9.17) is 9.15 Å². The summed E-state index contributed by atoms with van der Waals surface area (Å²) in [6, 6.07) is 3.71. The van der Waals surface area contributed by atoms with Gasteiger partial charge in [0, 0.05) is 10.8 Å². The van der Waals surface area contributed by atoms with E-state index < -0.39 is 6.04 Å². The molecule has 0 radical (unpaired) electrons. The van der Waals surface area contributed by atoms with E-state index in [0.29, 0.717) is 17.5 Å². The van der Waals surface area contributed by atoms with Gasteiger partial charge in [-0.2, -0.15) is 16.7 Å². The number of carbonyl (C=O) groups excluding carboxylic acids is 1. The van der Waals surface area contributed by atoms with Crippen LogP contribution in [-0.2, 0) is 9.53 Å². The van der Waals surface area contributed by atoms with Gasteiger partial charge >= 0.3 is 5.97 Å². The van der Waals surface area contributed by atoms with E-state index in [1.165, 1.54) is 25.3 Å². The van der Waals surface area contributed by atoms with Gasteiger partial charge < -0.3 is 14.5 Å². The summed E-state index contributed by atoms with van der Waals surface area (Å²) in [5.74, 6) is 0.0156. The maximum Gasteiger partial charge on any atom is 0.328 e. The number of hydrogen-bond donors (Lipinski definition) is 1. The largest absolute Gasteiger partial charge is 0.467 e. The molecular formula is C16H21FN2O3S. The molecule has 23 heavy (non-hydrogen) atoms. The van der Waals surface area contributed by atoms with Crippen LogP contribution < -0.4 is 5.32 Å². The number of esters is 1. The Morgan fingerprint density at radius 1 is 1.48 bits per heavy atom. The highest BCUT2D eigenvalue weighted by molar-refractivity contribution is 8.00. The normalized spacial score (nSPS) is 13.1. The van der Waals surface area contributed by atoms with Crippen LogP contribution in [0.5, 0.6) is 0 Å². The van der Waals surface area contributed by atoms with E-state index >= 15 is 0 Å². The van der Waals surface area contributed by atoms with Crippen molar-refractivity contribution in [2.45, 2.75) is 38.0 Å². The number of oxazole rings is 1. The van der Waals surface area contributed by atoms with Crippen molar-refractivity contribution in [2.75, 3.05) is 18.2 Å². The lowest BCUT2D eigenvalue weighted by molar-refractivity contribution is -0.141. The molecule has 0 aliphatic rings. The molecule has 2 aromatic rings. The Labute approximate surface area is 139 Å². The Morgan fingerprint density at radius 2 is 2.22 bits per heavy atom. The van der Waals surface area contributed by atoms with Crippen molar-refractivity contribution in [1.82, 2.24) is 4.98 Å². The molecule has 5 nitrogen and oxygen atoms in total. The smallest absolute Gasteiger partial charge is 0.328 e. The third-order valence-electron chi connectivity index (χ3n) is 3.07. The molecule has 1 atom stereocenters. The van der Waals surface area contributed by atoms with Crippen LogP contribution in [0.25, 0.3) is 11.1 Å². The van der Waals surface area contributed by atoms with Gasteiger partial charge in [0.25, 0.3) is 6.01 Å². The number of methoxy groups -OCH3 is 1. The lowest BCUT2D eigenvalue weighted by Gasteiger charge is -2.20. The summed E-state index contributed by atoms with van der Waals surface area (Å²) in [7, 11) is 1.34. The molecule has 0 bridgehead atoms. The van der Waals surface area contributed by atoms with E-state index in [0.717, 1.165) is 5.75 Å². The van der Waals surface area contributed by atoms with Gasteiger partial charge in [0.05, 0.1) is 7.11 Å². The second-order valence-corrected chi connectivity index (χ2v) is 8.02. The van der Waals surface area contributed by atoms with Crippen LogP contribution in [0, 0.1) is 5.82 Å². The van der Waals surface area contributed by atoms with Crippen molar-refractivity contribution in [2.24, 2.45) is 0 Å². The Kier molecular flexibility index (Phi) is 5.51. The molecule has 2 rings (SSSR count). The van der Waals surface area contributed by atoms with Crippen LogP contribution in [0.15, 0.2) is 22.6 Å². The first-order chi connectivity index (χ1) is 10.8. The Balaban J connectivity index is 2.07. The first-order valence-electron chi connectivity index (χ1n) is 7.33. The van der Waals surface area contributed by atoms with Crippen LogP contribution in [-0.4, -0.2) is 34.6 Å². The summed E-state index contributed by atoms with van der Waals surface area (Å²) >= 11 is 1.76. The van der Waals surface area contributed by atoms with Gasteiger partial charge in [0.2, 0.25) is 0 Å². The van der Waals surface area contributed by atoms with E-state index in [1.807, 2.05) is 0 Å². The second kappa shape index (κ2) is 7.21. The van der Waals surface area contributed by atoms with Crippen molar-refractivity contribution < 1.29 is 18.3 Å². The fourth-order valence-electron chi connectivity index (χ4n) is 1.99. The summed E-state index contributed by atoms with van der Waals surface area (Å²) in [6.07, 6.45) is 0.571. The molecule has 1 aromatic carbocycles. The number of aromatic nitrogens is 1. The topological polar surface area (TPSA) is 64.4 Å². The molecule has 0 unspecified atom stereocenters. The highest BCUT2D eigenvalue weighted by atomic mass is 32.2. The molecule has 0 saturated heterocycles. The molecule has 7 heteroatoms. The van der Waals surface area contributed by atoms with Crippen molar-refractivity contribution in [3.05, 3.63) is 24.0 Å². The zero-order valence-corrected chi connectivity index (χ0v) is 14.5. The fraction of sp³-hybridized carbons (Fsp3) is 0.500. The van der Waals surface area contributed by atoms with Crippen LogP contribution in [0.4, 0.5) is 10.4 Å². The summed E-state index contributed by atoms with van der Waals surface area (Å²) in [5.41, 5.74) is 0.863. The Hall–Kier alpha value is -1.76. The summed E-state index contributed by atoms with van der Waals surface area (Å²) in [6.45, 7) is 6.36. The standard InChI is InChI=1S/C16H21FN2O3S/c1-16(2,3)23-8-7-11(14(20)21-4)18-15-19-12-9-10(17)5-6-13(12)22-15/h5-6,9,11H,7-8H2,1-4H3,(H,18,19)/t11-/m0/s1. The maximum absolute atomic E-state index is 13.2. The number of nitrogens with zero attached hydrogens (tertiary/aromatic N) is 1. The molecule has 0 saturated carbocycles. The highest BCUT2D eigenvalue weighted by Crippen LogP contribution is 2.25. The fourth-order valence-corrected chi connectivity index (χ4v) is 2.95. The van der Waals surface area contributed by atoms with E-state index in [9.17, 15) is 9.18 Å². The highest BCUT2D eigenvalue weighted by Gasteiger charge is 2.22. The van der Waals surface area contributed by atoms with Gasteiger partial charge in [-0.25, -0.2) is 9.18 Å². The van der Waals surface area contributed by atoms with Crippen molar-refractivity contribution >= 4 is 34.8 Å². The minimum absolute atomic E-state index is 0.121. The molecule has 1 heterocycles. The first kappa shape index (κ1) is 17.6. The lowest BCUT2D eigenvalue weighted by atomic mass is 10.2. The average Bonchev–Trinajstić information content (AvgIpc) is 2.85. The second-order valence-electron chi connectivity index (χ2n) is 6.10. The minimum atomic E-state index is -0.562. The molecule has 0 spiro atoms. The molecular weight excluding hydrogens is 319 g/mol. The predicted molar refractivity (Wildman–Crippen MR) is 90.2 cm³/mol. The Bertz CT molecular complexity index is 682. The van der Waals surface area contributed by atoms with Crippen LogP contribution in [0.3, 0.4) is 0 Å². The average molecular weight is 340 g/mol. The number of nitrogens with one attached hydrogen (secondary N) is 1. The zero-order chi connectivity index (χ0) is 17.0. The number of halogens is 1. The Morgan fingerprint density at radius 3 is 2.87 bits per heavy atom. The number of thioether (sulfide) groups is 1. The van der Waals surface area contributed by atoms with Crippen LogP contribution >= 0.6 is 11.8 Å². The van der Waals surface area contributed by atoms with Gasteiger partial charge in [-0.3, -0.25) is 0 Å². The number of hydrogen-bond acceptors (Lipinski definition) is 6. The number of anilines is 1. The van der Waals surface area contributed by atoms with Gasteiger partial charge in [0.15, 0.2) is 5.58 Å². The minimum Gasteiger partial charge on any atom is -0.467 e. The van der Waals surface area contributed by atoms with E-state index in [2.05, 4.69) is 31.1 Å².